The van der Waals surface area contributed by atoms with Crippen LogP contribution in [0.5, 0.6) is 5.75 Å². The summed E-state index contributed by atoms with van der Waals surface area (Å²) in [4.78, 5) is 34.9. The van der Waals surface area contributed by atoms with Gasteiger partial charge in [0.05, 0.1) is 17.4 Å². The first-order valence-corrected chi connectivity index (χ1v) is 11.7. The largest absolute Gasteiger partial charge is 0.508 e. The van der Waals surface area contributed by atoms with E-state index < -0.39 is 24.0 Å². The highest BCUT2D eigenvalue weighted by Gasteiger charge is 2.60. The second kappa shape index (κ2) is 7.97. The van der Waals surface area contributed by atoms with Crippen LogP contribution in [0.2, 0.25) is 0 Å². The van der Waals surface area contributed by atoms with Gasteiger partial charge < -0.3 is 5.11 Å². The molecule has 7 heteroatoms. The quantitative estimate of drug-likeness (QED) is 0.372. The fourth-order valence-corrected chi connectivity index (χ4v) is 5.31. The van der Waals surface area contributed by atoms with E-state index in [0.29, 0.717) is 16.9 Å². The summed E-state index contributed by atoms with van der Waals surface area (Å²) in [6.45, 7) is 0. The van der Waals surface area contributed by atoms with Crippen molar-refractivity contribution in [1.82, 2.24) is 0 Å². The summed E-state index contributed by atoms with van der Waals surface area (Å²) in [6.07, 6.45) is -1.00. The van der Waals surface area contributed by atoms with Crippen molar-refractivity contribution in [3.8, 4) is 5.75 Å². The van der Waals surface area contributed by atoms with Gasteiger partial charge in [-0.2, -0.15) is 0 Å². The molecule has 1 N–H and O–H groups in total. The molecule has 0 saturated carbocycles. The maximum Gasteiger partial charge on any atom is 0.266 e. The Kier molecular flexibility index (Phi) is 4.90. The van der Waals surface area contributed by atoms with Crippen LogP contribution in [0.3, 0.4) is 0 Å². The van der Waals surface area contributed by atoms with E-state index in [-0.39, 0.29) is 11.7 Å². The third-order valence-corrected chi connectivity index (χ3v) is 6.94. The van der Waals surface area contributed by atoms with Crippen LogP contribution in [0.1, 0.15) is 11.6 Å². The highest BCUT2D eigenvalue weighted by Crippen LogP contribution is 2.50. The van der Waals surface area contributed by atoms with E-state index in [1.807, 2.05) is 66.7 Å². The Morgan fingerprint density at radius 3 is 2.38 bits per heavy atom. The Labute approximate surface area is 204 Å². The second-order valence-corrected chi connectivity index (χ2v) is 9.29. The fourth-order valence-electron chi connectivity index (χ4n) is 4.93. The Morgan fingerprint density at radius 2 is 1.56 bits per heavy atom. The van der Waals surface area contributed by atoms with Crippen molar-refractivity contribution in [1.29, 1.82) is 0 Å². The number of amides is 2. The van der Waals surface area contributed by atoms with E-state index in [1.54, 1.807) is 29.3 Å². The monoisotopic (exact) mass is 514 g/mol. The minimum atomic E-state index is -1.00. The molecule has 0 aromatic heterocycles. The first-order chi connectivity index (χ1) is 16.5. The third kappa shape index (κ3) is 3.12. The molecule has 2 aliphatic heterocycles. The number of nitrogens with zero attached hydrogens (tertiary/aromatic N) is 2. The number of phenolic OH excluding ortho intramolecular Hbond substituents is 1. The summed E-state index contributed by atoms with van der Waals surface area (Å²) < 4.78 is 0.749. The molecule has 0 bridgehead atoms. The molecule has 4 aromatic rings. The number of benzene rings is 4. The molecule has 34 heavy (non-hydrogen) atoms. The smallest absolute Gasteiger partial charge is 0.266 e. The van der Waals surface area contributed by atoms with Crippen LogP contribution in [-0.2, 0) is 14.4 Å². The van der Waals surface area contributed by atoms with Gasteiger partial charge in [0.2, 0.25) is 5.91 Å². The summed E-state index contributed by atoms with van der Waals surface area (Å²) in [6, 6.07) is 26.9. The number of aromatic hydroxyl groups is 1. The number of rotatable bonds is 3. The lowest BCUT2D eigenvalue weighted by molar-refractivity contribution is -0.126. The molecule has 3 atom stereocenters. The number of carbonyl (C=O) groups is 2. The first-order valence-electron chi connectivity index (χ1n) is 10.9. The van der Waals surface area contributed by atoms with Crippen LogP contribution in [0.15, 0.2) is 95.5 Å². The van der Waals surface area contributed by atoms with E-state index in [9.17, 15) is 14.7 Å². The zero-order valence-electron chi connectivity index (χ0n) is 17.8. The number of carbonyl (C=O) groups excluding carboxylic acids is 2. The molecule has 0 aliphatic carbocycles. The SMILES string of the molecule is O=C1[C@@H]2[C@@H](c3cc(Br)ccc3O)N(c3ccccc3)O[C@H]2C(=O)N1c1cccc2ccccc12. The minimum Gasteiger partial charge on any atom is -0.508 e. The minimum absolute atomic E-state index is 0.0299. The van der Waals surface area contributed by atoms with Gasteiger partial charge in [-0.05, 0) is 41.8 Å². The summed E-state index contributed by atoms with van der Waals surface area (Å²) in [5.74, 6) is -1.56. The van der Waals surface area contributed by atoms with Gasteiger partial charge in [-0.25, -0.2) is 9.96 Å². The molecule has 6 nitrogen and oxygen atoms in total. The lowest BCUT2D eigenvalue weighted by atomic mass is 9.90. The standard InChI is InChI=1S/C27H19BrN2O4/c28-17-13-14-22(31)20(15-17)24-23-25(34-30(24)18-9-2-1-3-10-18)27(33)29(26(23)32)21-12-6-8-16-7-4-5-11-19(16)21/h1-15,23-25,31H/t23-,24-,25-/m1/s1. The Bertz CT molecular complexity index is 1440. The van der Waals surface area contributed by atoms with Crippen LogP contribution in [0, 0.1) is 5.92 Å². The van der Waals surface area contributed by atoms with Crippen LogP contribution < -0.4 is 9.96 Å². The molecule has 2 heterocycles. The molecule has 2 amide bonds. The summed E-state index contributed by atoms with van der Waals surface area (Å²) in [5, 5.41) is 14.1. The zero-order valence-corrected chi connectivity index (χ0v) is 19.4. The van der Waals surface area contributed by atoms with Crippen LogP contribution in [0.25, 0.3) is 10.8 Å². The normalized spacial score (nSPS) is 22.0. The van der Waals surface area contributed by atoms with E-state index in [0.717, 1.165) is 15.2 Å². The van der Waals surface area contributed by atoms with Crippen molar-refractivity contribution in [3.63, 3.8) is 0 Å². The molecule has 0 spiro atoms. The Hall–Kier alpha value is -3.68. The summed E-state index contributed by atoms with van der Waals surface area (Å²) in [7, 11) is 0. The molecule has 6 rings (SSSR count). The molecule has 2 aliphatic rings. The van der Waals surface area contributed by atoms with Gasteiger partial charge in [0.15, 0.2) is 6.10 Å². The van der Waals surface area contributed by atoms with Crippen molar-refractivity contribution in [2.45, 2.75) is 12.1 Å². The third-order valence-electron chi connectivity index (χ3n) is 6.44. The molecule has 0 unspecified atom stereocenters. The molecule has 0 radical (unpaired) electrons. The average Bonchev–Trinajstić information content (AvgIpc) is 3.37. The van der Waals surface area contributed by atoms with Crippen LogP contribution in [-0.4, -0.2) is 23.0 Å². The maximum absolute atomic E-state index is 13.9. The second-order valence-electron chi connectivity index (χ2n) is 8.37. The maximum atomic E-state index is 13.9. The van der Waals surface area contributed by atoms with E-state index >= 15 is 0 Å². The van der Waals surface area contributed by atoms with Gasteiger partial charge in [0, 0.05) is 15.4 Å². The van der Waals surface area contributed by atoms with Gasteiger partial charge in [0.1, 0.15) is 11.7 Å². The zero-order chi connectivity index (χ0) is 23.4. The number of phenols is 1. The van der Waals surface area contributed by atoms with Crippen molar-refractivity contribution in [2.75, 3.05) is 9.96 Å². The van der Waals surface area contributed by atoms with Gasteiger partial charge in [-0.1, -0.05) is 70.5 Å². The average molecular weight is 515 g/mol. The van der Waals surface area contributed by atoms with E-state index in [1.165, 1.54) is 4.90 Å². The van der Waals surface area contributed by atoms with E-state index in [2.05, 4.69) is 15.9 Å². The summed E-state index contributed by atoms with van der Waals surface area (Å²) in [5.41, 5.74) is 1.74. The lowest BCUT2D eigenvalue weighted by Crippen LogP contribution is -2.37. The van der Waals surface area contributed by atoms with Crippen molar-refractivity contribution < 1.29 is 19.5 Å². The van der Waals surface area contributed by atoms with Gasteiger partial charge in [0.25, 0.3) is 5.91 Å². The number of hydrogen-bond acceptors (Lipinski definition) is 5. The molecule has 4 aromatic carbocycles. The van der Waals surface area contributed by atoms with Crippen LogP contribution in [0.4, 0.5) is 11.4 Å². The summed E-state index contributed by atoms with van der Waals surface area (Å²) >= 11 is 3.46. The lowest BCUT2D eigenvalue weighted by Gasteiger charge is -2.29. The predicted molar refractivity (Wildman–Crippen MR) is 132 cm³/mol. The molecule has 2 saturated heterocycles. The highest BCUT2D eigenvalue weighted by atomic mass is 79.9. The fraction of sp³-hybridized carbons (Fsp3) is 0.111. The van der Waals surface area contributed by atoms with Crippen LogP contribution >= 0.6 is 15.9 Å². The Balaban J connectivity index is 1.49. The number of hydrogen-bond donors (Lipinski definition) is 1. The van der Waals surface area contributed by atoms with Crippen molar-refractivity contribution in [3.05, 3.63) is 101 Å². The predicted octanol–water partition coefficient (Wildman–Crippen LogP) is 5.36. The molecular weight excluding hydrogens is 496 g/mol. The van der Waals surface area contributed by atoms with Crippen molar-refractivity contribution >= 4 is 49.9 Å². The van der Waals surface area contributed by atoms with Crippen molar-refractivity contribution in [2.24, 2.45) is 5.92 Å². The number of halogens is 1. The first kappa shape index (κ1) is 20.9. The number of hydroxylamine groups is 1. The van der Waals surface area contributed by atoms with Gasteiger partial charge in [-0.15, -0.1) is 0 Å². The van der Waals surface area contributed by atoms with E-state index in [4.69, 9.17) is 4.84 Å². The molecular formula is C27H19BrN2O4. The number of fused-ring (bicyclic) bond motifs is 2. The molecule has 168 valence electrons. The van der Waals surface area contributed by atoms with Gasteiger partial charge in [-0.3, -0.25) is 14.4 Å². The van der Waals surface area contributed by atoms with Gasteiger partial charge >= 0.3 is 0 Å². The number of anilines is 2. The Morgan fingerprint density at radius 1 is 0.824 bits per heavy atom. The molecule has 2 fully saturated rings. The highest BCUT2D eigenvalue weighted by molar-refractivity contribution is 9.10. The topological polar surface area (TPSA) is 70.1 Å². The number of para-hydroxylation sites is 1. The number of imide groups is 1.